The zero-order valence-electron chi connectivity index (χ0n) is 19.9. The second kappa shape index (κ2) is 8.54. The largest absolute Gasteiger partial charge is 0.394 e. The van der Waals surface area contributed by atoms with Crippen molar-refractivity contribution in [3.8, 4) is 0 Å². The molecule has 0 spiro atoms. The van der Waals surface area contributed by atoms with E-state index < -0.39 is 48.9 Å². The normalized spacial score (nSPS) is 34.8. The summed E-state index contributed by atoms with van der Waals surface area (Å²) in [5.41, 5.74) is -4.75. The molecular formula is C26H28O5. The molecule has 4 unspecified atom stereocenters. The van der Waals surface area contributed by atoms with E-state index in [-0.39, 0.29) is 16.7 Å². The molecule has 1 fully saturated rings. The predicted molar refractivity (Wildman–Crippen MR) is 117 cm³/mol. The van der Waals surface area contributed by atoms with Gasteiger partial charge < -0.3 is 25.2 Å². The number of rotatable bonds is 7. The van der Waals surface area contributed by atoms with Crippen molar-refractivity contribution in [2.45, 2.75) is 42.3 Å². The van der Waals surface area contributed by atoms with Gasteiger partial charge in [-0.1, -0.05) is 91.0 Å². The zero-order valence-corrected chi connectivity index (χ0v) is 16.9. The third-order valence-electron chi connectivity index (χ3n) is 5.66. The fraction of sp³-hybridized carbons (Fsp3) is 0.308. The first-order valence-corrected chi connectivity index (χ1v) is 10.1. The highest BCUT2D eigenvalue weighted by Crippen LogP contribution is 2.50. The Hall–Kier alpha value is -2.54. The molecule has 31 heavy (non-hydrogen) atoms. The van der Waals surface area contributed by atoms with Crippen LogP contribution < -0.4 is 0 Å². The third kappa shape index (κ3) is 3.91. The summed E-state index contributed by atoms with van der Waals surface area (Å²) in [7, 11) is 0. The molecular weight excluding hydrogens is 392 g/mol. The lowest BCUT2D eigenvalue weighted by Crippen LogP contribution is -2.67. The first kappa shape index (κ1) is 18.1. The molecule has 1 heterocycles. The van der Waals surface area contributed by atoms with E-state index in [2.05, 4.69) is 0 Å². The number of hydrogen-bond acceptors (Lipinski definition) is 5. The summed E-state index contributed by atoms with van der Waals surface area (Å²) in [5.74, 6) is -2.84. The number of ether oxygens (including phenoxy) is 1. The van der Waals surface area contributed by atoms with Gasteiger partial charge in [0, 0.05) is 23.3 Å². The first-order chi connectivity index (χ1) is 16.2. The van der Waals surface area contributed by atoms with E-state index >= 15 is 0 Å². The van der Waals surface area contributed by atoms with Crippen molar-refractivity contribution >= 4 is 0 Å². The minimum Gasteiger partial charge on any atom is -0.394 e. The van der Waals surface area contributed by atoms with Gasteiger partial charge in [-0.05, 0) is 16.7 Å². The summed E-state index contributed by atoms with van der Waals surface area (Å²) in [6, 6.07) is 24.4. The Bertz CT molecular complexity index is 1090. The van der Waals surface area contributed by atoms with Crippen molar-refractivity contribution in [3.05, 3.63) is 108 Å². The minimum atomic E-state index is -2.89. The Balaban J connectivity index is 1.95. The molecule has 0 aromatic heterocycles. The lowest BCUT2D eigenvalue weighted by Gasteiger charge is -2.44. The van der Waals surface area contributed by atoms with Gasteiger partial charge in [-0.3, -0.25) is 0 Å². The maximum absolute atomic E-state index is 12.3. The maximum atomic E-state index is 12.3. The summed E-state index contributed by atoms with van der Waals surface area (Å²) in [4.78, 5) is 0. The smallest absolute Gasteiger partial charge is 0.202 e. The molecule has 5 nitrogen and oxygen atoms in total. The average Bonchev–Trinajstić information content (AvgIpc) is 3.08. The van der Waals surface area contributed by atoms with Crippen LogP contribution in [0.25, 0.3) is 0 Å². The fourth-order valence-electron chi connectivity index (χ4n) is 4.04. The van der Waals surface area contributed by atoms with Gasteiger partial charge in [0.25, 0.3) is 0 Å². The Morgan fingerprint density at radius 3 is 1.55 bits per heavy atom. The van der Waals surface area contributed by atoms with E-state index in [1.807, 2.05) is 0 Å². The summed E-state index contributed by atoms with van der Waals surface area (Å²) in [5, 5.41) is 46.3. The molecule has 1 aliphatic rings. The van der Waals surface area contributed by atoms with Crippen LogP contribution in [0.1, 0.15) is 20.8 Å². The minimum absolute atomic E-state index is 0.240. The Labute approximate surface area is 186 Å². The van der Waals surface area contributed by atoms with Crippen LogP contribution in [0.3, 0.4) is 0 Å². The van der Waals surface area contributed by atoms with Crippen LogP contribution >= 0.6 is 0 Å². The van der Waals surface area contributed by atoms with Crippen molar-refractivity contribution in [2.24, 2.45) is 0 Å². The van der Waals surface area contributed by atoms with Crippen LogP contribution in [0, 0.1) is 0 Å². The maximum Gasteiger partial charge on any atom is 0.202 e. The van der Waals surface area contributed by atoms with Crippen LogP contribution in [-0.2, 0) is 23.9 Å². The second-order valence-corrected chi connectivity index (χ2v) is 7.74. The predicted octanol–water partition coefficient (Wildman–Crippen LogP) is 2.26. The van der Waals surface area contributed by atoms with E-state index in [0.717, 1.165) is 0 Å². The Kier molecular flexibility index (Phi) is 4.98. The second-order valence-electron chi connectivity index (χ2n) is 7.74. The number of aliphatic hydroxyl groups excluding tert-OH is 1. The quantitative estimate of drug-likeness (QED) is 0.468. The van der Waals surface area contributed by atoms with Crippen molar-refractivity contribution in [1.29, 1.82) is 0 Å². The van der Waals surface area contributed by atoms with Crippen LogP contribution in [-0.4, -0.2) is 50.1 Å². The highest BCUT2D eigenvalue weighted by molar-refractivity contribution is 5.31. The van der Waals surface area contributed by atoms with E-state index in [9.17, 15) is 20.4 Å². The molecule has 0 amide bonds. The number of hydrogen-bond donors (Lipinski definition) is 4. The van der Waals surface area contributed by atoms with Crippen LogP contribution in [0.2, 0.25) is 0 Å². The fourth-order valence-corrected chi connectivity index (χ4v) is 4.04. The van der Waals surface area contributed by atoms with Gasteiger partial charge in [-0.15, -0.1) is 0 Å². The van der Waals surface area contributed by atoms with Gasteiger partial charge >= 0.3 is 0 Å². The molecule has 162 valence electrons. The average molecular weight is 424 g/mol. The standard InChI is InChI=1S/C26H28O5/c27-19-23-24(28,16-20-10-4-1-5-11-20)25(29,17-21-12-6-2-7-13-21)26(30,31-23)18-22-14-8-3-9-15-22/h1-15,23,27-30H,16-19H2/t23-,24-,25+,26?/m1/s1/i16D,17D,18D/t16?,17?,18?,23-,24-,25+,26?. The van der Waals surface area contributed by atoms with Crippen molar-refractivity contribution < 1.29 is 29.3 Å². The van der Waals surface area contributed by atoms with Crippen LogP contribution in [0.15, 0.2) is 91.0 Å². The molecule has 7 atom stereocenters. The monoisotopic (exact) mass is 423 g/mol. The topological polar surface area (TPSA) is 90.2 Å². The highest BCUT2D eigenvalue weighted by atomic mass is 16.7. The molecule has 3 aromatic rings. The summed E-state index contributed by atoms with van der Waals surface area (Å²) in [6.45, 7) is -0.855. The van der Waals surface area contributed by atoms with Gasteiger partial charge in [-0.2, -0.15) is 0 Å². The summed E-state index contributed by atoms with van der Waals surface area (Å²) >= 11 is 0. The van der Waals surface area contributed by atoms with Gasteiger partial charge in [0.1, 0.15) is 11.7 Å². The first-order valence-electron chi connectivity index (χ1n) is 11.8. The lowest BCUT2D eigenvalue weighted by molar-refractivity contribution is -0.273. The van der Waals surface area contributed by atoms with Gasteiger partial charge in [0.05, 0.1) is 6.61 Å². The molecule has 0 bridgehead atoms. The van der Waals surface area contributed by atoms with Crippen molar-refractivity contribution in [2.75, 3.05) is 6.61 Å². The molecule has 0 aliphatic carbocycles. The molecule has 3 aromatic carbocycles. The van der Waals surface area contributed by atoms with E-state index in [4.69, 9.17) is 8.85 Å². The van der Waals surface area contributed by atoms with E-state index in [1.165, 1.54) is 0 Å². The molecule has 5 heteroatoms. The molecule has 4 N–H and O–H groups in total. The number of benzene rings is 3. The number of aliphatic hydroxyl groups is 4. The highest BCUT2D eigenvalue weighted by Gasteiger charge is 2.72. The van der Waals surface area contributed by atoms with E-state index in [1.54, 1.807) is 91.0 Å². The van der Waals surface area contributed by atoms with Gasteiger partial charge in [-0.25, -0.2) is 0 Å². The molecule has 0 radical (unpaired) electrons. The van der Waals surface area contributed by atoms with Crippen LogP contribution in [0.4, 0.5) is 0 Å². The Morgan fingerprint density at radius 1 is 0.677 bits per heavy atom. The molecule has 0 saturated carbocycles. The summed E-state index contributed by atoms with van der Waals surface area (Å²) in [6.07, 6.45) is -6.67. The van der Waals surface area contributed by atoms with E-state index in [0.29, 0.717) is 0 Å². The third-order valence-corrected chi connectivity index (χ3v) is 5.66. The van der Waals surface area contributed by atoms with Crippen LogP contribution in [0.5, 0.6) is 0 Å². The SMILES string of the molecule is [2H]C(c1ccccc1)C1(O)O[C@H](CO)[C@](O)(C([2H])c2ccccc2)[C@@]1(O)C([2H])c1ccccc1. The summed E-state index contributed by atoms with van der Waals surface area (Å²) < 4.78 is 32.5. The Morgan fingerprint density at radius 2 is 1.10 bits per heavy atom. The molecule has 1 saturated heterocycles. The van der Waals surface area contributed by atoms with Gasteiger partial charge in [0.15, 0.2) is 5.60 Å². The zero-order chi connectivity index (χ0) is 24.6. The van der Waals surface area contributed by atoms with Crippen molar-refractivity contribution in [1.82, 2.24) is 0 Å². The van der Waals surface area contributed by atoms with Crippen molar-refractivity contribution in [3.63, 3.8) is 0 Å². The van der Waals surface area contributed by atoms with Gasteiger partial charge in [0.2, 0.25) is 5.79 Å². The molecule has 1 aliphatic heterocycles. The molecule has 4 rings (SSSR count). The lowest BCUT2D eigenvalue weighted by atomic mass is 9.69.